The van der Waals surface area contributed by atoms with E-state index in [-0.39, 0.29) is 0 Å². The molecule has 1 aliphatic heterocycles. The average Bonchev–Trinajstić information content (AvgIpc) is 2.85. The first-order valence-corrected chi connectivity index (χ1v) is 8.29. The van der Waals surface area contributed by atoms with E-state index < -0.39 is 0 Å². The minimum absolute atomic E-state index is 0.370. The molecule has 3 heteroatoms. The van der Waals surface area contributed by atoms with Crippen LogP contribution in [0.4, 0.5) is 0 Å². The average molecular weight is 268 g/mol. The van der Waals surface area contributed by atoms with E-state index in [0.29, 0.717) is 12.5 Å². The molecular formula is C16H32N2O. The van der Waals surface area contributed by atoms with Crippen molar-refractivity contribution in [3.8, 4) is 0 Å². The van der Waals surface area contributed by atoms with Crippen LogP contribution in [0.1, 0.15) is 46.0 Å². The summed E-state index contributed by atoms with van der Waals surface area (Å²) < 4.78 is 0. The zero-order chi connectivity index (χ0) is 13.7. The van der Waals surface area contributed by atoms with Crippen molar-refractivity contribution in [2.45, 2.75) is 52.0 Å². The summed E-state index contributed by atoms with van der Waals surface area (Å²) in [6.45, 7) is 9.73. The third kappa shape index (κ3) is 4.44. The van der Waals surface area contributed by atoms with Gasteiger partial charge in [0.1, 0.15) is 0 Å². The Kier molecular flexibility index (Phi) is 6.11. The second kappa shape index (κ2) is 7.61. The van der Waals surface area contributed by atoms with Gasteiger partial charge in [0.15, 0.2) is 0 Å². The summed E-state index contributed by atoms with van der Waals surface area (Å²) in [4.78, 5) is 2.59. The molecule has 112 valence electrons. The lowest BCUT2D eigenvalue weighted by atomic mass is 9.78. The van der Waals surface area contributed by atoms with E-state index >= 15 is 0 Å². The van der Waals surface area contributed by atoms with Crippen LogP contribution in [-0.4, -0.2) is 48.8 Å². The van der Waals surface area contributed by atoms with Gasteiger partial charge in [-0.05, 0) is 62.9 Å². The zero-order valence-electron chi connectivity index (χ0n) is 12.8. The van der Waals surface area contributed by atoms with Crippen LogP contribution >= 0.6 is 0 Å². The van der Waals surface area contributed by atoms with E-state index in [1.54, 1.807) is 0 Å². The summed E-state index contributed by atoms with van der Waals surface area (Å²) >= 11 is 0. The Hall–Kier alpha value is -0.120. The normalized spacial score (nSPS) is 36.8. The summed E-state index contributed by atoms with van der Waals surface area (Å²) in [7, 11) is 0. The predicted octanol–water partition coefficient (Wildman–Crippen LogP) is 2.11. The Balaban J connectivity index is 1.83. The molecule has 1 saturated carbocycles. The monoisotopic (exact) mass is 268 g/mol. The molecule has 19 heavy (non-hydrogen) atoms. The summed E-state index contributed by atoms with van der Waals surface area (Å²) in [6, 6.07) is 0.726. The summed E-state index contributed by atoms with van der Waals surface area (Å²) in [5, 5.41) is 13.0. The van der Waals surface area contributed by atoms with Crippen LogP contribution < -0.4 is 5.32 Å². The van der Waals surface area contributed by atoms with Crippen LogP contribution in [0.5, 0.6) is 0 Å². The zero-order valence-corrected chi connectivity index (χ0v) is 12.8. The standard InChI is InChI=1S/C16H32N2O/c1-3-7-17-16-5-4-13(2)9-15(16)11-18-8-6-14(10-18)12-19/h13-17,19H,3-12H2,1-2H3. The van der Waals surface area contributed by atoms with Crippen LogP contribution in [0.2, 0.25) is 0 Å². The van der Waals surface area contributed by atoms with Crippen molar-refractivity contribution in [3.05, 3.63) is 0 Å². The van der Waals surface area contributed by atoms with Crippen LogP contribution in [0.15, 0.2) is 0 Å². The molecule has 4 atom stereocenters. The lowest BCUT2D eigenvalue weighted by Crippen LogP contribution is -2.45. The minimum atomic E-state index is 0.370. The van der Waals surface area contributed by atoms with Crippen molar-refractivity contribution in [2.24, 2.45) is 17.8 Å². The molecule has 3 nitrogen and oxygen atoms in total. The third-order valence-corrected chi connectivity index (χ3v) is 5.02. The molecule has 2 fully saturated rings. The number of nitrogens with zero attached hydrogens (tertiary/aromatic N) is 1. The summed E-state index contributed by atoms with van der Waals surface area (Å²) in [6.07, 6.45) is 6.53. The van der Waals surface area contributed by atoms with Gasteiger partial charge in [0.05, 0.1) is 0 Å². The predicted molar refractivity (Wildman–Crippen MR) is 80.2 cm³/mol. The Labute approximate surface area is 118 Å². The topological polar surface area (TPSA) is 35.5 Å². The van der Waals surface area contributed by atoms with Gasteiger partial charge in [0, 0.05) is 25.7 Å². The molecule has 0 bridgehead atoms. The fourth-order valence-corrected chi connectivity index (χ4v) is 3.86. The van der Waals surface area contributed by atoms with Gasteiger partial charge in [-0.25, -0.2) is 0 Å². The Morgan fingerprint density at radius 3 is 2.79 bits per heavy atom. The van der Waals surface area contributed by atoms with Crippen LogP contribution in [0.25, 0.3) is 0 Å². The van der Waals surface area contributed by atoms with E-state index in [1.807, 2.05) is 0 Å². The van der Waals surface area contributed by atoms with Gasteiger partial charge < -0.3 is 15.3 Å². The maximum Gasteiger partial charge on any atom is 0.0471 e. The second-order valence-electron chi connectivity index (χ2n) is 6.84. The molecule has 2 rings (SSSR count). The maximum atomic E-state index is 9.26. The quantitative estimate of drug-likeness (QED) is 0.774. The highest BCUT2D eigenvalue weighted by atomic mass is 16.3. The lowest BCUT2D eigenvalue weighted by Gasteiger charge is -2.37. The van der Waals surface area contributed by atoms with Gasteiger partial charge in [0.25, 0.3) is 0 Å². The van der Waals surface area contributed by atoms with Crippen molar-refractivity contribution in [3.63, 3.8) is 0 Å². The van der Waals surface area contributed by atoms with Gasteiger partial charge >= 0.3 is 0 Å². The van der Waals surface area contributed by atoms with Crippen molar-refractivity contribution in [1.29, 1.82) is 0 Å². The molecule has 1 aliphatic carbocycles. The smallest absolute Gasteiger partial charge is 0.0471 e. The second-order valence-corrected chi connectivity index (χ2v) is 6.84. The van der Waals surface area contributed by atoms with Gasteiger partial charge in [-0.3, -0.25) is 0 Å². The van der Waals surface area contributed by atoms with Crippen molar-refractivity contribution in [1.82, 2.24) is 10.2 Å². The SMILES string of the molecule is CCCNC1CCC(C)CC1CN1CCC(CO)C1. The highest BCUT2D eigenvalue weighted by molar-refractivity contribution is 4.87. The first-order chi connectivity index (χ1) is 9.22. The largest absolute Gasteiger partial charge is 0.396 e. The van der Waals surface area contributed by atoms with E-state index in [0.717, 1.165) is 31.0 Å². The molecule has 1 heterocycles. The van der Waals surface area contributed by atoms with Crippen LogP contribution in [-0.2, 0) is 0 Å². The fourth-order valence-electron chi connectivity index (χ4n) is 3.86. The number of nitrogens with one attached hydrogen (secondary N) is 1. The molecule has 0 amide bonds. The van der Waals surface area contributed by atoms with Gasteiger partial charge in [0.2, 0.25) is 0 Å². The number of aliphatic hydroxyl groups excluding tert-OH is 1. The molecule has 0 aromatic rings. The van der Waals surface area contributed by atoms with Crippen molar-refractivity contribution < 1.29 is 5.11 Å². The minimum Gasteiger partial charge on any atom is -0.396 e. The summed E-state index contributed by atoms with van der Waals surface area (Å²) in [5.74, 6) is 2.23. The Morgan fingerprint density at radius 1 is 1.26 bits per heavy atom. The van der Waals surface area contributed by atoms with Crippen LogP contribution in [0.3, 0.4) is 0 Å². The van der Waals surface area contributed by atoms with E-state index in [9.17, 15) is 5.11 Å². The lowest BCUT2D eigenvalue weighted by molar-refractivity contribution is 0.152. The highest BCUT2D eigenvalue weighted by Crippen LogP contribution is 2.31. The molecule has 1 saturated heterocycles. The van der Waals surface area contributed by atoms with Gasteiger partial charge in [-0.15, -0.1) is 0 Å². The maximum absolute atomic E-state index is 9.26. The number of hydrogen-bond donors (Lipinski definition) is 2. The van der Waals surface area contributed by atoms with E-state index in [2.05, 4.69) is 24.1 Å². The Morgan fingerprint density at radius 2 is 2.11 bits per heavy atom. The van der Waals surface area contributed by atoms with E-state index in [1.165, 1.54) is 45.2 Å². The number of hydrogen-bond acceptors (Lipinski definition) is 3. The fraction of sp³-hybridized carbons (Fsp3) is 1.00. The number of rotatable bonds is 6. The van der Waals surface area contributed by atoms with Crippen LogP contribution in [0, 0.1) is 17.8 Å². The van der Waals surface area contributed by atoms with Crippen molar-refractivity contribution in [2.75, 3.05) is 32.8 Å². The molecule has 0 aromatic carbocycles. The molecule has 2 aliphatic rings. The molecule has 4 unspecified atom stereocenters. The van der Waals surface area contributed by atoms with Crippen molar-refractivity contribution >= 4 is 0 Å². The molecule has 0 aromatic heterocycles. The highest BCUT2D eigenvalue weighted by Gasteiger charge is 2.31. The molecule has 0 radical (unpaired) electrons. The first kappa shape index (κ1) is 15.3. The third-order valence-electron chi connectivity index (χ3n) is 5.02. The van der Waals surface area contributed by atoms with E-state index in [4.69, 9.17) is 0 Å². The van der Waals surface area contributed by atoms with Gasteiger partial charge in [-0.1, -0.05) is 13.8 Å². The molecular weight excluding hydrogens is 236 g/mol. The van der Waals surface area contributed by atoms with Gasteiger partial charge in [-0.2, -0.15) is 0 Å². The summed E-state index contributed by atoms with van der Waals surface area (Å²) in [5.41, 5.74) is 0. The first-order valence-electron chi connectivity index (χ1n) is 8.29. The molecule has 0 spiro atoms. The molecule has 2 N–H and O–H groups in total. The number of aliphatic hydroxyl groups is 1. The Bertz CT molecular complexity index is 257. The number of likely N-dealkylation sites (tertiary alicyclic amines) is 1.